The third-order valence-corrected chi connectivity index (χ3v) is 2.44. The van der Waals surface area contributed by atoms with Crippen molar-refractivity contribution in [2.24, 2.45) is 11.1 Å². The van der Waals surface area contributed by atoms with Crippen LogP contribution in [0.2, 0.25) is 0 Å². The lowest BCUT2D eigenvalue weighted by Gasteiger charge is -2.24. The van der Waals surface area contributed by atoms with Crippen LogP contribution in [0.15, 0.2) is 24.3 Å². The highest BCUT2D eigenvalue weighted by molar-refractivity contribution is 5.42. The molecular weight excluding hydrogens is 191 g/mol. The molecule has 0 aliphatic carbocycles. The number of nitrogens with two attached hydrogens (primary N) is 1. The Bertz CT molecular complexity index is 293. The fourth-order valence-corrected chi connectivity index (χ4v) is 1.39. The predicted molar refractivity (Wildman–Crippen MR) is 62.3 cm³/mol. The zero-order valence-electron chi connectivity index (χ0n) is 9.39. The zero-order chi connectivity index (χ0) is 11.3. The first-order valence-electron chi connectivity index (χ1n) is 5.23. The maximum Gasteiger partial charge on any atom is 0.123 e. The topological polar surface area (TPSA) is 38.0 Å². The number of anilines is 1. The molecule has 1 rings (SSSR count). The van der Waals surface area contributed by atoms with Gasteiger partial charge in [-0.3, -0.25) is 0 Å². The Labute approximate surface area is 90.7 Å². The second kappa shape index (κ2) is 5.12. The van der Waals surface area contributed by atoms with Gasteiger partial charge < -0.3 is 11.1 Å². The van der Waals surface area contributed by atoms with Gasteiger partial charge in [0.15, 0.2) is 0 Å². The smallest absolute Gasteiger partial charge is 0.123 e. The summed E-state index contributed by atoms with van der Waals surface area (Å²) in [5.41, 5.74) is 6.64. The molecule has 0 saturated carbocycles. The number of rotatable bonds is 5. The van der Waals surface area contributed by atoms with Gasteiger partial charge in [0.1, 0.15) is 5.82 Å². The van der Waals surface area contributed by atoms with Gasteiger partial charge in [-0.05, 0) is 42.6 Å². The molecule has 2 nitrogen and oxygen atoms in total. The Morgan fingerprint density at radius 2 is 1.87 bits per heavy atom. The molecule has 3 N–H and O–H groups in total. The Morgan fingerprint density at radius 1 is 1.27 bits per heavy atom. The minimum absolute atomic E-state index is 0.170. The second-order valence-corrected chi connectivity index (χ2v) is 4.56. The number of nitrogens with one attached hydrogen (secondary N) is 1. The summed E-state index contributed by atoms with van der Waals surface area (Å²) in [5, 5.41) is 3.27. The first kappa shape index (κ1) is 12.0. The van der Waals surface area contributed by atoms with E-state index in [0.717, 1.165) is 18.7 Å². The Balaban J connectivity index is 2.46. The average Bonchev–Trinajstić information content (AvgIpc) is 2.17. The van der Waals surface area contributed by atoms with Gasteiger partial charge in [0.2, 0.25) is 0 Å². The van der Waals surface area contributed by atoms with Crippen molar-refractivity contribution in [2.45, 2.75) is 20.3 Å². The van der Waals surface area contributed by atoms with Gasteiger partial charge in [-0.2, -0.15) is 0 Å². The van der Waals surface area contributed by atoms with Crippen LogP contribution in [-0.2, 0) is 0 Å². The third kappa shape index (κ3) is 4.30. The summed E-state index contributed by atoms with van der Waals surface area (Å²) in [7, 11) is 0. The molecule has 0 aliphatic rings. The monoisotopic (exact) mass is 210 g/mol. The molecular formula is C12H19FN2. The van der Waals surface area contributed by atoms with E-state index in [-0.39, 0.29) is 11.2 Å². The summed E-state index contributed by atoms with van der Waals surface area (Å²) in [5.74, 6) is -0.207. The van der Waals surface area contributed by atoms with Crippen molar-refractivity contribution in [2.75, 3.05) is 18.4 Å². The molecule has 0 fully saturated rings. The van der Waals surface area contributed by atoms with E-state index < -0.39 is 0 Å². The molecule has 0 aromatic heterocycles. The van der Waals surface area contributed by atoms with E-state index in [4.69, 9.17) is 5.73 Å². The van der Waals surface area contributed by atoms with Gasteiger partial charge in [-0.15, -0.1) is 0 Å². The van der Waals surface area contributed by atoms with Gasteiger partial charge in [0.05, 0.1) is 0 Å². The summed E-state index contributed by atoms with van der Waals surface area (Å²) in [6, 6.07) is 6.40. The van der Waals surface area contributed by atoms with Crippen LogP contribution in [0.25, 0.3) is 0 Å². The van der Waals surface area contributed by atoms with E-state index in [1.165, 1.54) is 12.1 Å². The van der Waals surface area contributed by atoms with Crippen molar-refractivity contribution in [3.63, 3.8) is 0 Å². The van der Waals surface area contributed by atoms with Crippen LogP contribution in [0.5, 0.6) is 0 Å². The fraction of sp³-hybridized carbons (Fsp3) is 0.500. The van der Waals surface area contributed by atoms with Crippen molar-refractivity contribution < 1.29 is 4.39 Å². The van der Waals surface area contributed by atoms with Crippen LogP contribution >= 0.6 is 0 Å². The molecule has 1 aromatic carbocycles. The first-order chi connectivity index (χ1) is 7.03. The molecule has 0 saturated heterocycles. The molecule has 0 bridgehead atoms. The van der Waals surface area contributed by atoms with Crippen molar-refractivity contribution >= 4 is 5.69 Å². The van der Waals surface area contributed by atoms with Crippen molar-refractivity contribution in [3.8, 4) is 0 Å². The molecule has 0 spiro atoms. The number of halogens is 1. The van der Waals surface area contributed by atoms with Crippen molar-refractivity contribution in [3.05, 3.63) is 30.1 Å². The standard InChI is InChI=1S/C12H19FN2/c1-12(2,7-8-14)9-15-11-5-3-10(13)4-6-11/h3-6,15H,7-9,14H2,1-2H3. The van der Waals surface area contributed by atoms with Crippen LogP contribution in [0.1, 0.15) is 20.3 Å². The second-order valence-electron chi connectivity index (χ2n) is 4.56. The molecule has 0 heterocycles. The maximum absolute atomic E-state index is 12.6. The molecule has 1 aromatic rings. The molecule has 0 radical (unpaired) electrons. The first-order valence-corrected chi connectivity index (χ1v) is 5.23. The summed E-state index contributed by atoms with van der Waals surface area (Å²) in [4.78, 5) is 0. The molecule has 15 heavy (non-hydrogen) atoms. The average molecular weight is 210 g/mol. The van der Waals surface area contributed by atoms with Gasteiger partial charge in [0.25, 0.3) is 0 Å². The number of benzene rings is 1. The Hall–Kier alpha value is -1.09. The number of hydrogen-bond donors (Lipinski definition) is 2. The van der Waals surface area contributed by atoms with Gasteiger partial charge >= 0.3 is 0 Å². The van der Waals surface area contributed by atoms with Gasteiger partial charge in [-0.1, -0.05) is 13.8 Å². The van der Waals surface area contributed by atoms with E-state index in [1.54, 1.807) is 12.1 Å². The van der Waals surface area contributed by atoms with Gasteiger partial charge in [-0.25, -0.2) is 4.39 Å². The van der Waals surface area contributed by atoms with Crippen LogP contribution in [0.3, 0.4) is 0 Å². The normalized spacial score (nSPS) is 11.5. The predicted octanol–water partition coefficient (Wildman–Crippen LogP) is 2.61. The lowest BCUT2D eigenvalue weighted by molar-refractivity contribution is 0.365. The lowest BCUT2D eigenvalue weighted by Crippen LogP contribution is -2.26. The molecule has 84 valence electrons. The van der Waals surface area contributed by atoms with Gasteiger partial charge in [0, 0.05) is 12.2 Å². The fourth-order valence-electron chi connectivity index (χ4n) is 1.39. The third-order valence-electron chi connectivity index (χ3n) is 2.44. The SMILES string of the molecule is CC(C)(CCN)CNc1ccc(F)cc1. The summed E-state index contributed by atoms with van der Waals surface area (Å²) >= 11 is 0. The minimum atomic E-state index is -0.207. The van der Waals surface area contributed by atoms with E-state index in [2.05, 4.69) is 19.2 Å². The maximum atomic E-state index is 12.6. The van der Waals surface area contributed by atoms with Crippen LogP contribution in [-0.4, -0.2) is 13.1 Å². The van der Waals surface area contributed by atoms with E-state index >= 15 is 0 Å². The summed E-state index contributed by atoms with van der Waals surface area (Å²) in [6.45, 7) is 5.86. The Morgan fingerprint density at radius 3 is 2.40 bits per heavy atom. The molecule has 0 atom stereocenters. The highest BCUT2D eigenvalue weighted by Gasteiger charge is 2.15. The van der Waals surface area contributed by atoms with Crippen LogP contribution in [0, 0.1) is 11.2 Å². The molecule has 3 heteroatoms. The van der Waals surface area contributed by atoms with Crippen LogP contribution in [0.4, 0.5) is 10.1 Å². The van der Waals surface area contributed by atoms with Crippen molar-refractivity contribution in [1.29, 1.82) is 0 Å². The zero-order valence-corrected chi connectivity index (χ0v) is 9.39. The molecule has 0 aliphatic heterocycles. The molecule has 0 unspecified atom stereocenters. The number of hydrogen-bond acceptors (Lipinski definition) is 2. The highest BCUT2D eigenvalue weighted by atomic mass is 19.1. The minimum Gasteiger partial charge on any atom is -0.385 e. The summed E-state index contributed by atoms with van der Waals surface area (Å²) < 4.78 is 12.6. The van der Waals surface area contributed by atoms with Crippen molar-refractivity contribution in [1.82, 2.24) is 0 Å². The van der Waals surface area contributed by atoms with E-state index in [9.17, 15) is 4.39 Å². The lowest BCUT2D eigenvalue weighted by atomic mass is 9.89. The van der Waals surface area contributed by atoms with Crippen LogP contribution < -0.4 is 11.1 Å². The molecule has 0 amide bonds. The summed E-state index contributed by atoms with van der Waals surface area (Å²) in [6.07, 6.45) is 0.973. The highest BCUT2D eigenvalue weighted by Crippen LogP contribution is 2.20. The van der Waals surface area contributed by atoms with E-state index in [1.807, 2.05) is 0 Å². The largest absolute Gasteiger partial charge is 0.385 e. The quantitative estimate of drug-likeness (QED) is 0.784. The van der Waals surface area contributed by atoms with E-state index in [0.29, 0.717) is 6.54 Å². The Kier molecular flexibility index (Phi) is 4.09.